The standard InChI is InChI=1S/C20H19N3O4S/c24-7-5-23-6-8-27-15-2-1-12(9-14(15)23)10-16-18(26)22-19(28-16)13-11-21-20(3-4-20)17(13)25/h1-2,7,9-10,21H,3-6,8,11H2,(H,22,26)/b16-10-,19-13+. The van der Waals surface area contributed by atoms with Crippen LogP contribution in [0.2, 0.25) is 0 Å². The van der Waals surface area contributed by atoms with Gasteiger partial charge in [0, 0.05) is 12.1 Å². The first kappa shape index (κ1) is 17.4. The molecule has 5 rings (SSSR count). The third-order valence-corrected chi connectivity index (χ3v) is 6.61. The number of Topliss-reactive ketones (excluding diaryl/α,β-unsaturated/α-hetero) is 1. The molecule has 1 aromatic heterocycles. The van der Waals surface area contributed by atoms with Crippen LogP contribution in [0.1, 0.15) is 18.4 Å². The molecule has 2 fully saturated rings. The molecule has 28 heavy (non-hydrogen) atoms. The first-order valence-corrected chi connectivity index (χ1v) is 10.1. The molecular weight excluding hydrogens is 378 g/mol. The summed E-state index contributed by atoms with van der Waals surface area (Å²) in [7, 11) is 0. The van der Waals surface area contributed by atoms with Gasteiger partial charge in [0.05, 0.1) is 28.8 Å². The molecule has 3 aliphatic rings. The SMILES string of the molecule is O=CCN1CCOc2ccc(/C=c3\s/c(=C4\CNC5(CC5)C4=O)[nH]c3=O)cc21. The van der Waals surface area contributed by atoms with Gasteiger partial charge in [-0.3, -0.25) is 9.59 Å². The molecule has 3 heterocycles. The number of nitrogens with zero attached hydrogens (tertiary/aromatic N) is 1. The van der Waals surface area contributed by atoms with Crippen molar-refractivity contribution in [2.45, 2.75) is 18.4 Å². The van der Waals surface area contributed by atoms with E-state index < -0.39 is 0 Å². The molecule has 2 aliphatic heterocycles. The van der Waals surface area contributed by atoms with Gasteiger partial charge in [0.2, 0.25) is 0 Å². The maximum absolute atomic E-state index is 12.6. The Morgan fingerprint density at radius 1 is 1.29 bits per heavy atom. The Morgan fingerprint density at radius 2 is 2.14 bits per heavy atom. The third-order valence-electron chi connectivity index (χ3n) is 5.53. The van der Waals surface area contributed by atoms with Crippen molar-refractivity contribution < 1.29 is 14.3 Å². The molecule has 7 nitrogen and oxygen atoms in total. The van der Waals surface area contributed by atoms with Crippen molar-refractivity contribution >= 4 is 40.7 Å². The normalized spacial score (nSPS) is 22.4. The minimum atomic E-state index is -0.360. The number of carbonyl (C=O) groups excluding carboxylic acids is 2. The molecule has 0 atom stereocenters. The minimum absolute atomic E-state index is 0.118. The van der Waals surface area contributed by atoms with Crippen molar-refractivity contribution in [3.8, 4) is 5.75 Å². The molecule has 0 amide bonds. The molecule has 2 N–H and O–H groups in total. The van der Waals surface area contributed by atoms with Crippen LogP contribution in [-0.2, 0) is 9.59 Å². The number of H-pyrrole nitrogens is 1. The van der Waals surface area contributed by atoms with Crippen LogP contribution in [0.3, 0.4) is 0 Å². The van der Waals surface area contributed by atoms with Crippen molar-refractivity contribution in [2.24, 2.45) is 0 Å². The molecule has 0 radical (unpaired) electrons. The molecule has 1 saturated carbocycles. The van der Waals surface area contributed by atoms with Crippen molar-refractivity contribution in [3.05, 3.63) is 43.3 Å². The minimum Gasteiger partial charge on any atom is -0.490 e. The number of hydrogen-bond acceptors (Lipinski definition) is 7. The van der Waals surface area contributed by atoms with Crippen LogP contribution in [0.15, 0.2) is 23.0 Å². The number of hydrogen-bond donors (Lipinski definition) is 2. The Morgan fingerprint density at radius 3 is 2.89 bits per heavy atom. The van der Waals surface area contributed by atoms with Gasteiger partial charge in [0.1, 0.15) is 23.3 Å². The van der Waals surface area contributed by atoms with E-state index in [1.54, 1.807) is 6.08 Å². The van der Waals surface area contributed by atoms with E-state index in [0.717, 1.165) is 36.1 Å². The largest absolute Gasteiger partial charge is 0.490 e. The second-order valence-corrected chi connectivity index (χ2v) is 8.38. The van der Waals surface area contributed by atoms with Crippen LogP contribution < -0.4 is 29.7 Å². The van der Waals surface area contributed by atoms with Crippen molar-refractivity contribution in [2.75, 3.05) is 31.1 Å². The van der Waals surface area contributed by atoms with E-state index in [1.807, 2.05) is 23.1 Å². The summed E-state index contributed by atoms with van der Waals surface area (Å²) in [6.45, 7) is 2.00. The summed E-state index contributed by atoms with van der Waals surface area (Å²) in [5.74, 6) is 0.853. The first-order valence-electron chi connectivity index (χ1n) is 9.29. The van der Waals surface area contributed by atoms with Gasteiger partial charge in [0.15, 0.2) is 5.78 Å². The Labute approximate surface area is 164 Å². The third kappa shape index (κ3) is 2.80. The van der Waals surface area contributed by atoms with Gasteiger partial charge in [-0.25, -0.2) is 0 Å². The van der Waals surface area contributed by atoms with Crippen LogP contribution in [-0.4, -0.2) is 48.8 Å². The highest BCUT2D eigenvalue weighted by Crippen LogP contribution is 2.41. The van der Waals surface area contributed by atoms with Crippen molar-refractivity contribution in [3.63, 3.8) is 0 Å². The number of benzene rings is 1. The number of nitrogens with one attached hydrogen (secondary N) is 2. The molecule has 1 aliphatic carbocycles. The van der Waals surface area contributed by atoms with Gasteiger partial charge in [-0.05, 0) is 36.6 Å². The Kier molecular flexibility index (Phi) is 3.99. The number of ether oxygens (including phenoxy) is 1. The molecule has 1 spiro atoms. The summed E-state index contributed by atoms with van der Waals surface area (Å²) >= 11 is 1.31. The summed E-state index contributed by atoms with van der Waals surface area (Å²) in [6, 6.07) is 5.67. The summed E-state index contributed by atoms with van der Waals surface area (Å²) in [6.07, 6.45) is 4.43. The number of aldehydes is 1. The zero-order valence-electron chi connectivity index (χ0n) is 15.1. The molecular formula is C20H19N3O4S. The average Bonchev–Trinajstić information content (AvgIpc) is 3.31. The zero-order valence-corrected chi connectivity index (χ0v) is 15.9. The number of thiazole rings is 1. The monoisotopic (exact) mass is 397 g/mol. The second kappa shape index (κ2) is 6.42. The number of anilines is 1. The van der Waals surface area contributed by atoms with E-state index >= 15 is 0 Å². The molecule has 144 valence electrons. The van der Waals surface area contributed by atoms with Crippen LogP contribution in [0.4, 0.5) is 5.69 Å². The first-order chi connectivity index (χ1) is 13.6. The van der Waals surface area contributed by atoms with Gasteiger partial charge >= 0.3 is 0 Å². The molecule has 8 heteroatoms. The second-order valence-electron chi connectivity index (χ2n) is 7.33. The number of aromatic nitrogens is 1. The molecule has 1 aromatic carbocycles. The van der Waals surface area contributed by atoms with E-state index in [4.69, 9.17) is 4.74 Å². The maximum atomic E-state index is 12.6. The lowest BCUT2D eigenvalue weighted by molar-refractivity contribution is -0.115. The van der Waals surface area contributed by atoms with Crippen LogP contribution in [0.5, 0.6) is 5.75 Å². The van der Waals surface area contributed by atoms with Gasteiger partial charge in [-0.15, -0.1) is 11.3 Å². The van der Waals surface area contributed by atoms with Gasteiger partial charge in [-0.1, -0.05) is 6.07 Å². The zero-order chi connectivity index (χ0) is 19.3. The Balaban J connectivity index is 1.55. The van der Waals surface area contributed by atoms with E-state index in [-0.39, 0.29) is 16.9 Å². The highest BCUT2D eigenvalue weighted by atomic mass is 32.1. The van der Waals surface area contributed by atoms with Crippen molar-refractivity contribution in [1.82, 2.24) is 10.3 Å². The molecule has 2 aromatic rings. The topological polar surface area (TPSA) is 91.5 Å². The molecule has 0 bridgehead atoms. The van der Waals surface area contributed by atoms with E-state index in [9.17, 15) is 14.4 Å². The summed E-state index contributed by atoms with van der Waals surface area (Å²) in [4.78, 5) is 40.7. The lowest BCUT2D eigenvalue weighted by Gasteiger charge is -2.29. The Bertz CT molecular complexity index is 1160. The molecule has 1 saturated heterocycles. The highest BCUT2D eigenvalue weighted by Gasteiger charge is 2.54. The highest BCUT2D eigenvalue weighted by molar-refractivity contribution is 7.07. The summed E-state index contributed by atoms with van der Waals surface area (Å²) in [5.41, 5.74) is 1.81. The van der Waals surface area contributed by atoms with E-state index in [2.05, 4.69) is 10.3 Å². The predicted octanol–water partition coefficient (Wildman–Crippen LogP) is -0.481. The van der Waals surface area contributed by atoms with E-state index in [1.165, 1.54) is 11.3 Å². The lowest BCUT2D eigenvalue weighted by atomic mass is 10.1. The summed E-state index contributed by atoms with van der Waals surface area (Å²) < 4.78 is 6.84. The number of carbonyl (C=O) groups is 2. The fourth-order valence-electron chi connectivity index (χ4n) is 3.81. The quantitative estimate of drug-likeness (QED) is 0.680. The number of aromatic amines is 1. The van der Waals surface area contributed by atoms with Crippen molar-refractivity contribution in [1.29, 1.82) is 0 Å². The number of rotatable bonds is 3. The number of ketones is 1. The average molecular weight is 397 g/mol. The smallest absolute Gasteiger partial charge is 0.266 e. The summed E-state index contributed by atoms with van der Waals surface area (Å²) in [5, 5.41) is 3.27. The maximum Gasteiger partial charge on any atom is 0.266 e. The van der Waals surface area contributed by atoms with Crippen LogP contribution in [0, 0.1) is 0 Å². The fraction of sp³-hybridized carbons (Fsp3) is 0.350. The lowest BCUT2D eigenvalue weighted by Crippen LogP contribution is -2.34. The number of fused-ring (bicyclic) bond motifs is 1. The van der Waals surface area contributed by atoms with E-state index in [0.29, 0.717) is 41.0 Å². The van der Waals surface area contributed by atoms with Crippen LogP contribution >= 0.6 is 11.3 Å². The van der Waals surface area contributed by atoms with Crippen LogP contribution in [0.25, 0.3) is 11.6 Å². The fourth-order valence-corrected chi connectivity index (χ4v) is 4.80. The predicted molar refractivity (Wildman–Crippen MR) is 106 cm³/mol. The van der Waals surface area contributed by atoms with Gasteiger partial charge in [-0.2, -0.15) is 0 Å². The molecule has 0 unspecified atom stereocenters. The Hall–Kier alpha value is -2.71. The van der Waals surface area contributed by atoms with Gasteiger partial charge in [0.25, 0.3) is 5.56 Å². The van der Waals surface area contributed by atoms with Gasteiger partial charge < -0.3 is 24.7 Å².